The molecule has 0 spiro atoms. The highest BCUT2D eigenvalue weighted by Crippen LogP contribution is 2.29. The molecule has 0 bridgehead atoms. The molecule has 64 valence electrons. The second-order valence-corrected chi connectivity index (χ2v) is 3.87. The third-order valence-electron chi connectivity index (χ3n) is 1.99. The fraction of sp³-hybridized carbons (Fsp3) is 0.778. The maximum absolute atomic E-state index is 10.2. The molecule has 2 nitrogen and oxygen atoms in total. The third kappa shape index (κ3) is 3.91. The van der Waals surface area contributed by atoms with Crippen molar-refractivity contribution in [1.82, 2.24) is 0 Å². The van der Waals surface area contributed by atoms with Crippen LogP contribution in [0.3, 0.4) is 0 Å². The Labute approximate surface area is 68.0 Å². The molecule has 0 unspecified atom stereocenters. The van der Waals surface area contributed by atoms with Gasteiger partial charge in [0.15, 0.2) is 0 Å². The number of aldehydes is 2. The summed E-state index contributed by atoms with van der Waals surface area (Å²) in [7, 11) is 0. The topological polar surface area (TPSA) is 34.1 Å². The molecule has 11 heavy (non-hydrogen) atoms. The summed E-state index contributed by atoms with van der Waals surface area (Å²) in [4.78, 5) is 20.4. The Morgan fingerprint density at radius 2 is 1.45 bits per heavy atom. The Morgan fingerprint density at radius 1 is 1.09 bits per heavy atom. The molecule has 0 saturated carbocycles. The summed E-state index contributed by atoms with van der Waals surface area (Å²) < 4.78 is 0. The summed E-state index contributed by atoms with van der Waals surface area (Å²) in [6.45, 7) is 6.14. The first kappa shape index (κ1) is 10.3. The molecule has 0 aromatic rings. The van der Waals surface area contributed by atoms with Gasteiger partial charge < -0.3 is 9.59 Å². The van der Waals surface area contributed by atoms with Crippen LogP contribution in [0.25, 0.3) is 0 Å². The zero-order valence-corrected chi connectivity index (χ0v) is 7.46. The van der Waals surface area contributed by atoms with Crippen LogP contribution in [0.5, 0.6) is 0 Å². The minimum Gasteiger partial charge on any atom is -0.303 e. The number of hydrogen-bond acceptors (Lipinski definition) is 2. The molecule has 0 saturated heterocycles. The van der Waals surface area contributed by atoms with E-state index in [-0.39, 0.29) is 11.3 Å². The first-order valence-corrected chi connectivity index (χ1v) is 3.89. The van der Waals surface area contributed by atoms with E-state index in [1.54, 1.807) is 0 Å². The van der Waals surface area contributed by atoms with Crippen molar-refractivity contribution in [2.45, 2.75) is 33.6 Å². The summed E-state index contributed by atoms with van der Waals surface area (Å²) in [6, 6.07) is 0. The lowest BCUT2D eigenvalue weighted by Gasteiger charge is -2.27. The largest absolute Gasteiger partial charge is 0.303 e. The molecule has 0 aromatic carbocycles. The SMILES string of the molecule is CC(C)(C)C(CC=O)CC=O. The molecule has 2 heteroatoms. The summed E-state index contributed by atoms with van der Waals surface area (Å²) >= 11 is 0. The second-order valence-electron chi connectivity index (χ2n) is 3.87. The molecule has 0 aromatic heterocycles. The predicted octanol–water partition coefficient (Wildman–Crippen LogP) is 1.83. The number of carbonyl (C=O) groups is 2. The van der Waals surface area contributed by atoms with Crippen molar-refractivity contribution in [3.05, 3.63) is 0 Å². The fourth-order valence-electron chi connectivity index (χ4n) is 1.04. The van der Waals surface area contributed by atoms with Crippen LogP contribution in [-0.2, 0) is 9.59 Å². The van der Waals surface area contributed by atoms with E-state index in [4.69, 9.17) is 0 Å². The van der Waals surface area contributed by atoms with Gasteiger partial charge in [0.2, 0.25) is 0 Å². The van der Waals surface area contributed by atoms with Crippen molar-refractivity contribution in [2.24, 2.45) is 11.3 Å². The Kier molecular flexibility index (Phi) is 4.01. The minimum absolute atomic E-state index is 0.0574. The molecule has 0 aliphatic carbocycles. The van der Waals surface area contributed by atoms with E-state index in [0.717, 1.165) is 12.6 Å². The highest BCUT2D eigenvalue weighted by atomic mass is 16.1. The average molecular weight is 156 g/mol. The van der Waals surface area contributed by atoms with Crippen molar-refractivity contribution in [3.8, 4) is 0 Å². The van der Waals surface area contributed by atoms with E-state index >= 15 is 0 Å². The predicted molar refractivity (Wildman–Crippen MR) is 44.3 cm³/mol. The Morgan fingerprint density at radius 3 is 1.64 bits per heavy atom. The van der Waals surface area contributed by atoms with Crippen LogP contribution in [0.2, 0.25) is 0 Å². The molecule has 0 atom stereocenters. The van der Waals surface area contributed by atoms with E-state index in [9.17, 15) is 9.59 Å². The summed E-state index contributed by atoms with van der Waals surface area (Å²) in [5.74, 6) is 0.192. The van der Waals surface area contributed by atoms with Crippen LogP contribution in [0, 0.1) is 11.3 Å². The van der Waals surface area contributed by atoms with E-state index in [1.807, 2.05) is 20.8 Å². The van der Waals surface area contributed by atoms with Crippen LogP contribution < -0.4 is 0 Å². The molecule has 0 heterocycles. The molecule has 0 fully saturated rings. The zero-order valence-electron chi connectivity index (χ0n) is 7.46. The highest BCUT2D eigenvalue weighted by Gasteiger charge is 2.23. The third-order valence-corrected chi connectivity index (χ3v) is 1.99. The van der Waals surface area contributed by atoms with Crippen molar-refractivity contribution in [2.75, 3.05) is 0 Å². The van der Waals surface area contributed by atoms with E-state index < -0.39 is 0 Å². The van der Waals surface area contributed by atoms with E-state index in [1.165, 1.54) is 0 Å². The smallest absolute Gasteiger partial charge is 0.120 e. The summed E-state index contributed by atoms with van der Waals surface area (Å²) in [5.41, 5.74) is 0.0574. The lowest BCUT2D eigenvalue weighted by Crippen LogP contribution is -2.21. The molecule has 0 aliphatic rings. The van der Waals surface area contributed by atoms with Crippen LogP contribution in [-0.4, -0.2) is 12.6 Å². The van der Waals surface area contributed by atoms with Gasteiger partial charge in [0.1, 0.15) is 12.6 Å². The van der Waals surface area contributed by atoms with Gasteiger partial charge in [0, 0.05) is 12.8 Å². The molecule has 0 N–H and O–H groups in total. The molecule has 0 rings (SSSR count). The van der Waals surface area contributed by atoms with Crippen molar-refractivity contribution >= 4 is 12.6 Å². The van der Waals surface area contributed by atoms with Crippen LogP contribution in [0.15, 0.2) is 0 Å². The monoisotopic (exact) mass is 156 g/mol. The fourth-order valence-corrected chi connectivity index (χ4v) is 1.04. The van der Waals surface area contributed by atoms with Crippen molar-refractivity contribution in [3.63, 3.8) is 0 Å². The highest BCUT2D eigenvalue weighted by molar-refractivity contribution is 5.54. The van der Waals surface area contributed by atoms with E-state index in [2.05, 4.69) is 0 Å². The van der Waals surface area contributed by atoms with Crippen LogP contribution in [0.1, 0.15) is 33.6 Å². The van der Waals surface area contributed by atoms with Gasteiger partial charge in [-0.2, -0.15) is 0 Å². The van der Waals surface area contributed by atoms with Crippen LogP contribution in [0.4, 0.5) is 0 Å². The van der Waals surface area contributed by atoms with Gasteiger partial charge >= 0.3 is 0 Å². The summed E-state index contributed by atoms with van der Waals surface area (Å²) in [5, 5.41) is 0. The quantitative estimate of drug-likeness (QED) is 0.582. The van der Waals surface area contributed by atoms with E-state index in [0.29, 0.717) is 12.8 Å². The Bertz CT molecular complexity index is 123. The van der Waals surface area contributed by atoms with Gasteiger partial charge in [-0.1, -0.05) is 20.8 Å². The standard InChI is InChI=1S/C9H16O2/c1-9(2,3)8(4-6-10)5-7-11/h6-8H,4-5H2,1-3H3. The molecule has 0 aliphatic heterocycles. The van der Waals surface area contributed by atoms with Gasteiger partial charge in [0.25, 0.3) is 0 Å². The second kappa shape index (κ2) is 4.27. The van der Waals surface area contributed by atoms with Gasteiger partial charge in [-0.25, -0.2) is 0 Å². The maximum Gasteiger partial charge on any atom is 0.120 e. The van der Waals surface area contributed by atoms with Crippen molar-refractivity contribution in [1.29, 1.82) is 0 Å². The minimum atomic E-state index is 0.0574. The zero-order chi connectivity index (χ0) is 8.91. The molecule has 0 radical (unpaired) electrons. The summed E-state index contributed by atoms with van der Waals surface area (Å²) in [6.07, 6.45) is 2.75. The van der Waals surface area contributed by atoms with Gasteiger partial charge in [-0.15, -0.1) is 0 Å². The number of hydrogen-bond donors (Lipinski definition) is 0. The lowest BCUT2D eigenvalue weighted by molar-refractivity contribution is -0.111. The number of carbonyl (C=O) groups excluding carboxylic acids is 2. The maximum atomic E-state index is 10.2. The Balaban J connectivity index is 4.08. The number of rotatable bonds is 4. The Hall–Kier alpha value is -0.660. The first-order valence-electron chi connectivity index (χ1n) is 3.89. The average Bonchev–Trinajstić information content (AvgIpc) is 1.85. The first-order chi connectivity index (χ1) is 5.02. The molecular formula is C9H16O2. The van der Waals surface area contributed by atoms with Gasteiger partial charge in [0.05, 0.1) is 0 Å². The normalized spacial score (nSPS) is 11.6. The molecular weight excluding hydrogens is 140 g/mol. The molecule has 0 amide bonds. The van der Waals surface area contributed by atoms with Gasteiger partial charge in [-0.05, 0) is 11.3 Å². The van der Waals surface area contributed by atoms with Gasteiger partial charge in [-0.3, -0.25) is 0 Å². The van der Waals surface area contributed by atoms with Crippen LogP contribution >= 0.6 is 0 Å². The van der Waals surface area contributed by atoms with Crippen molar-refractivity contribution < 1.29 is 9.59 Å². The lowest BCUT2D eigenvalue weighted by atomic mass is 9.77.